The molecule has 0 heterocycles. The van der Waals surface area contributed by atoms with Gasteiger partial charge < -0.3 is 0 Å². The quantitative estimate of drug-likeness (QED) is 0.551. The minimum Gasteiger partial charge on any atom is -0.0877 e. The normalized spacial score (nSPS) is 17.1. The highest BCUT2D eigenvalue weighted by Crippen LogP contribution is 2.27. The van der Waals surface area contributed by atoms with Crippen LogP contribution in [0.4, 0.5) is 0 Å². The molecule has 1 saturated carbocycles. The lowest BCUT2D eigenvalue weighted by Crippen LogP contribution is -2.01. The Labute approximate surface area is 76.4 Å². The molecule has 0 saturated heterocycles. The fourth-order valence-electron chi connectivity index (χ4n) is 1.04. The van der Waals surface area contributed by atoms with Crippen molar-refractivity contribution in [2.45, 2.75) is 46.5 Å². The maximum atomic E-state index is 2.36. The summed E-state index contributed by atoms with van der Waals surface area (Å²) in [7, 11) is 0. The predicted octanol–water partition coefficient (Wildman–Crippen LogP) is 4.09. The fraction of sp³-hybridized carbons (Fsp3) is 0.667. The van der Waals surface area contributed by atoms with Crippen molar-refractivity contribution in [1.82, 2.24) is 0 Å². The molecule has 0 unspecified atom stereocenters. The van der Waals surface area contributed by atoms with Crippen LogP contribution < -0.4 is 0 Å². The highest BCUT2D eigenvalue weighted by atomic mass is 14.1. The molecule has 0 radical (unpaired) electrons. The van der Waals surface area contributed by atoms with E-state index in [2.05, 4.69) is 39.0 Å². The van der Waals surface area contributed by atoms with Crippen LogP contribution in [0.5, 0.6) is 0 Å². The predicted molar refractivity (Wildman–Crippen MR) is 55.1 cm³/mol. The molecule has 68 valence electrons. The third-order valence-electron chi connectivity index (χ3n) is 1.98. The molecular weight excluding hydrogens is 144 g/mol. The first-order chi connectivity index (χ1) is 5.58. The first kappa shape index (κ1) is 9.57. The molecule has 1 aliphatic carbocycles. The Morgan fingerprint density at radius 1 is 1.17 bits per heavy atom. The summed E-state index contributed by atoms with van der Waals surface area (Å²) < 4.78 is 0. The Bertz CT molecular complexity index is 183. The number of hydrogen-bond donors (Lipinski definition) is 0. The standard InChI is InChI=1S/C12H20/c1-12(2,3)10-6-4-5-7-11-8-9-11/h4,6-7H,5,8-10H2,1-3H3. The van der Waals surface area contributed by atoms with Gasteiger partial charge in [-0.05, 0) is 31.1 Å². The van der Waals surface area contributed by atoms with Crippen molar-refractivity contribution in [2.75, 3.05) is 0 Å². The molecule has 1 aliphatic rings. The Hall–Kier alpha value is -0.520. The van der Waals surface area contributed by atoms with E-state index < -0.39 is 0 Å². The largest absolute Gasteiger partial charge is 0.0877 e. The zero-order valence-electron chi connectivity index (χ0n) is 8.56. The van der Waals surface area contributed by atoms with Gasteiger partial charge in [-0.15, -0.1) is 0 Å². The first-order valence-electron chi connectivity index (χ1n) is 4.91. The third-order valence-corrected chi connectivity index (χ3v) is 1.98. The van der Waals surface area contributed by atoms with Crippen LogP contribution in [0.15, 0.2) is 23.8 Å². The average molecular weight is 164 g/mol. The van der Waals surface area contributed by atoms with E-state index in [-0.39, 0.29) is 0 Å². The Morgan fingerprint density at radius 2 is 1.83 bits per heavy atom. The van der Waals surface area contributed by atoms with E-state index in [9.17, 15) is 0 Å². The smallest absolute Gasteiger partial charge is 0.0166 e. The second-order valence-corrected chi connectivity index (χ2v) is 4.83. The maximum Gasteiger partial charge on any atom is -0.0166 e. The van der Waals surface area contributed by atoms with Gasteiger partial charge in [-0.2, -0.15) is 0 Å². The topological polar surface area (TPSA) is 0 Å². The molecule has 0 bridgehead atoms. The van der Waals surface area contributed by atoms with Crippen molar-refractivity contribution >= 4 is 0 Å². The number of allylic oxidation sites excluding steroid dienone is 4. The van der Waals surface area contributed by atoms with Crippen molar-refractivity contribution in [3.63, 3.8) is 0 Å². The van der Waals surface area contributed by atoms with Crippen molar-refractivity contribution in [3.05, 3.63) is 23.8 Å². The van der Waals surface area contributed by atoms with E-state index >= 15 is 0 Å². The summed E-state index contributed by atoms with van der Waals surface area (Å²) >= 11 is 0. The highest BCUT2D eigenvalue weighted by molar-refractivity contribution is 5.17. The van der Waals surface area contributed by atoms with Crippen LogP contribution in [0.1, 0.15) is 46.5 Å². The highest BCUT2D eigenvalue weighted by Gasteiger charge is 2.08. The van der Waals surface area contributed by atoms with Gasteiger partial charge in [0.25, 0.3) is 0 Å². The number of rotatable bonds is 3. The van der Waals surface area contributed by atoms with Gasteiger partial charge in [0.15, 0.2) is 0 Å². The lowest BCUT2D eigenvalue weighted by Gasteiger charge is -2.14. The van der Waals surface area contributed by atoms with Crippen molar-refractivity contribution in [1.29, 1.82) is 0 Å². The van der Waals surface area contributed by atoms with Gasteiger partial charge in [0.05, 0.1) is 0 Å². The summed E-state index contributed by atoms with van der Waals surface area (Å²) in [6.45, 7) is 6.82. The van der Waals surface area contributed by atoms with E-state index in [0.29, 0.717) is 5.41 Å². The molecule has 1 fully saturated rings. The van der Waals surface area contributed by atoms with Crippen molar-refractivity contribution in [2.24, 2.45) is 5.41 Å². The lowest BCUT2D eigenvalue weighted by atomic mass is 9.92. The number of hydrogen-bond acceptors (Lipinski definition) is 0. The Balaban J connectivity index is 2.09. The van der Waals surface area contributed by atoms with Gasteiger partial charge in [-0.25, -0.2) is 0 Å². The molecule has 0 N–H and O–H groups in total. The van der Waals surface area contributed by atoms with Crippen LogP contribution in [-0.4, -0.2) is 0 Å². The second-order valence-electron chi connectivity index (χ2n) is 4.83. The summed E-state index contributed by atoms with van der Waals surface area (Å²) in [6.07, 6.45) is 12.0. The molecule has 12 heavy (non-hydrogen) atoms. The zero-order valence-corrected chi connectivity index (χ0v) is 8.56. The van der Waals surface area contributed by atoms with Crippen LogP contribution in [0, 0.1) is 5.41 Å². The van der Waals surface area contributed by atoms with Gasteiger partial charge in [-0.1, -0.05) is 44.6 Å². The van der Waals surface area contributed by atoms with E-state index in [4.69, 9.17) is 0 Å². The van der Waals surface area contributed by atoms with Crippen LogP contribution >= 0.6 is 0 Å². The summed E-state index contributed by atoms with van der Waals surface area (Å²) in [5.74, 6) is 0. The lowest BCUT2D eigenvalue weighted by molar-refractivity contribution is 0.420. The van der Waals surface area contributed by atoms with Crippen LogP contribution in [0.3, 0.4) is 0 Å². The van der Waals surface area contributed by atoms with Gasteiger partial charge >= 0.3 is 0 Å². The van der Waals surface area contributed by atoms with Crippen LogP contribution in [0.25, 0.3) is 0 Å². The molecule has 0 atom stereocenters. The van der Waals surface area contributed by atoms with E-state index in [1.165, 1.54) is 19.3 Å². The van der Waals surface area contributed by atoms with Gasteiger partial charge in [-0.3, -0.25) is 0 Å². The zero-order chi connectivity index (χ0) is 9.03. The molecular formula is C12H20. The van der Waals surface area contributed by atoms with Gasteiger partial charge in [0.1, 0.15) is 0 Å². The monoisotopic (exact) mass is 164 g/mol. The summed E-state index contributed by atoms with van der Waals surface area (Å²) in [4.78, 5) is 0. The van der Waals surface area contributed by atoms with Crippen LogP contribution in [0.2, 0.25) is 0 Å². The molecule has 0 amide bonds. The first-order valence-corrected chi connectivity index (χ1v) is 4.91. The molecule has 0 aromatic heterocycles. The van der Waals surface area contributed by atoms with Crippen molar-refractivity contribution < 1.29 is 0 Å². The third kappa shape index (κ3) is 5.17. The van der Waals surface area contributed by atoms with E-state index in [0.717, 1.165) is 6.42 Å². The minimum atomic E-state index is 0.448. The molecule has 0 aliphatic heterocycles. The summed E-state index contributed by atoms with van der Waals surface area (Å²) in [5.41, 5.74) is 2.10. The minimum absolute atomic E-state index is 0.448. The Kier molecular flexibility index (Phi) is 3.13. The second kappa shape index (κ2) is 3.93. The van der Waals surface area contributed by atoms with Gasteiger partial charge in [0.2, 0.25) is 0 Å². The van der Waals surface area contributed by atoms with E-state index in [1.54, 1.807) is 5.57 Å². The fourth-order valence-corrected chi connectivity index (χ4v) is 1.04. The maximum absolute atomic E-state index is 2.36. The van der Waals surface area contributed by atoms with Gasteiger partial charge in [0, 0.05) is 0 Å². The Morgan fingerprint density at radius 3 is 2.33 bits per heavy atom. The summed E-state index contributed by atoms with van der Waals surface area (Å²) in [6, 6.07) is 0. The molecule has 0 aromatic carbocycles. The van der Waals surface area contributed by atoms with E-state index in [1.807, 2.05) is 0 Å². The van der Waals surface area contributed by atoms with Crippen LogP contribution in [-0.2, 0) is 0 Å². The average Bonchev–Trinajstić information content (AvgIpc) is 2.68. The molecule has 0 aromatic rings. The molecule has 0 nitrogen and oxygen atoms in total. The summed E-state index contributed by atoms with van der Waals surface area (Å²) in [5, 5.41) is 0. The van der Waals surface area contributed by atoms with Crippen molar-refractivity contribution in [3.8, 4) is 0 Å². The SMILES string of the molecule is CC(C)(C)CC=CCC=C1CC1. The molecule has 0 spiro atoms. The molecule has 0 heteroatoms. The molecule has 1 rings (SSSR count).